The zero-order valence-corrected chi connectivity index (χ0v) is 13.2. The van der Waals surface area contributed by atoms with Crippen LogP contribution >= 0.6 is 11.6 Å². The molecule has 1 spiro atoms. The van der Waals surface area contributed by atoms with Gasteiger partial charge < -0.3 is 15.2 Å². The molecule has 1 atom stereocenters. The second-order valence-electron chi connectivity index (χ2n) is 6.27. The average Bonchev–Trinajstić information content (AvgIpc) is 3.09. The van der Waals surface area contributed by atoms with Crippen LogP contribution in [0.5, 0.6) is 5.75 Å². The molecule has 4 heteroatoms. The van der Waals surface area contributed by atoms with Crippen LogP contribution in [0.2, 0.25) is 5.02 Å². The summed E-state index contributed by atoms with van der Waals surface area (Å²) >= 11 is 6.04. The molecule has 3 nitrogen and oxygen atoms in total. The standard InChI is InChI=1S/C17H24ClNO2/c18-14-3-4-16(13(11-14)6-10-19)20-12-15-5-9-17(21-15)7-1-2-8-17/h3-4,11,15H,1-2,5-10,12,19H2. The van der Waals surface area contributed by atoms with E-state index >= 15 is 0 Å². The molecule has 0 bridgehead atoms. The van der Waals surface area contributed by atoms with Crippen molar-refractivity contribution in [1.82, 2.24) is 0 Å². The Bertz CT molecular complexity index is 486. The minimum absolute atomic E-state index is 0.175. The first-order valence-electron chi connectivity index (χ1n) is 8.00. The Balaban J connectivity index is 1.58. The molecule has 3 rings (SSSR count). The van der Waals surface area contributed by atoms with E-state index in [-0.39, 0.29) is 11.7 Å². The lowest BCUT2D eigenvalue weighted by Crippen LogP contribution is -2.27. The number of hydrogen-bond donors (Lipinski definition) is 1. The van der Waals surface area contributed by atoms with E-state index in [9.17, 15) is 0 Å². The van der Waals surface area contributed by atoms with Crippen molar-refractivity contribution in [3.05, 3.63) is 28.8 Å². The third kappa shape index (κ3) is 3.53. The average molecular weight is 310 g/mol. The van der Waals surface area contributed by atoms with Crippen molar-refractivity contribution < 1.29 is 9.47 Å². The van der Waals surface area contributed by atoms with Gasteiger partial charge in [-0.3, -0.25) is 0 Å². The van der Waals surface area contributed by atoms with Crippen molar-refractivity contribution in [3.8, 4) is 5.75 Å². The van der Waals surface area contributed by atoms with Crippen molar-refractivity contribution in [2.45, 2.75) is 56.7 Å². The fraction of sp³-hybridized carbons (Fsp3) is 0.647. The predicted octanol–water partition coefficient (Wildman–Crippen LogP) is 3.71. The third-order valence-electron chi connectivity index (χ3n) is 4.71. The number of rotatable bonds is 5. The Morgan fingerprint density at radius 2 is 2.10 bits per heavy atom. The van der Waals surface area contributed by atoms with E-state index in [1.54, 1.807) is 0 Å². The maximum Gasteiger partial charge on any atom is 0.122 e. The summed E-state index contributed by atoms with van der Waals surface area (Å²) in [7, 11) is 0. The summed E-state index contributed by atoms with van der Waals surface area (Å²) in [4.78, 5) is 0. The van der Waals surface area contributed by atoms with E-state index in [4.69, 9.17) is 26.8 Å². The molecule has 1 unspecified atom stereocenters. The van der Waals surface area contributed by atoms with E-state index in [0.717, 1.165) is 29.2 Å². The van der Waals surface area contributed by atoms with Crippen LogP contribution < -0.4 is 10.5 Å². The fourth-order valence-corrected chi connectivity index (χ4v) is 3.82. The topological polar surface area (TPSA) is 44.5 Å². The molecule has 1 heterocycles. The zero-order chi connectivity index (χ0) is 14.7. The van der Waals surface area contributed by atoms with Gasteiger partial charge in [-0.1, -0.05) is 24.4 Å². The molecule has 1 aliphatic heterocycles. The molecule has 116 valence electrons. The lowest BCUT2D eigenvalue weighted by molar-refractivity contribution is -0.0509. The van der Waals surface area contributed by atoms with Gasteiger partial charge in [0.05, 0.1) is 11.7 Å². The molecular weight excluding hydrogens is 286 g/mol. The first-order chi connectivity index (χ1) is 10.2. The van der Waals surface area contributed by atoms with Gasteiger partial charge in [-0.25, -0.2) is 0 Å². The fourth-order valence-electron chi connectivity index (χ4n) is 3.62. The maximum atomic E-state index is 6.28. The molecule has 0 aromatic heterocycles. The van der Waals surface area contributed by atoms with Gasteiger partial charge in [-0.05, 0) is 62.4 Å². The Labute approximate surface area is 131 Å². The Hall–Kier alpha value is -0.770. The monoisotopic (exact) mass is 309 g/mol. The van der Waals surface area contributed by atoms with E-state index in [2.05, 4.69) is 0 Å². The lowest BCUT2D eigenvalue weighted by atomic mass is 9.98. The molecule has 2 aliphatic rings. The normalized spacial score (nSPS) is 23.8. The van der Waals surface area contributed by atoms with E-state index in [1.807, 2.05) is 18.2 Å². The highest BCUT2D eigenvalue weighted by Gasteiger charge is 2.42. The summed E-state index contributed by atoms with van der Waals surface area (Å²) in [6, 6.07) is 5.75. The second kappa shape index (κ2) is 6.55. The van der Waals surface area contributed by atoms with E-state index in [0.29, 0.717) is 13.2 Å². The molecule has 1 saturated heterocycles. The SMILES string of the molecule is NCCc1cc(Cl)ccc1OCC1CCC2(CCCC2)O1. The smallest absolute Gasteiger partial charge is 0.122 e. The van der Waals surface area contributed by atoms with Crippen LogP contribution in [0.25, 0.3) is 0 Å². The van der Waals surface area contributed by atoms with Crippen LogP contribution in [0.3, 0.4) is 0 Å². The van der Waals surface area contributed by atoms with Crippen molar-refractivity contribution in [2.75, 3.05) is 13.2 Å². The molecule has 0 amide bonds. The maximum absolute atomic E-state index is 6.28. The Kier molecular flexibility index (Phi) is 4.72. The van der Waals surface area contributed by atoms with E-state index in [1.165, 1.54) is 32.1 Å². The summed E-state index contributed by atoms with van der Waals surface area (Å²) in [6.07, 6.45) is 8.38. The Morgan fingerprint density at radius 1 is 1.29 bits per heavy atom. The second-order valence-corrected chi connectivity index (χ2v) is 6.71. The van der Waals surface area contributed by atoms with Gasteiger partial charge in [0.1, 0.15) is 12.4 Å². The number of benzene rings is 1. The van der Waals surface area contributed by atoms with Gasteiger partial charge in [-0.2, -0.15) is 0 Å². The molecule has 0 radical (unpaired) electrons. The van der Waals surface area contributed by atoms with Crippen LogP contribution in [0.4, 0.5) is 0 Å². The molecule has 1 saturated carbocycles. The molecule has 1 aliphatic carbocycles. The first kappa shape index (κ1) is 15.1. The van der Waals surface area contributed by atoms with Gasteiger partial charge in [0.15, 0.2) is 0 Å². The van der Waals surface area contributed by atoms with Crippen LogP contribution in [-0.2, 0) is 11.2 Å². The third-order valence-corrected chi connectivity index (χ3v) is 4.95. The first-order valence-corrected chi connectivity index (χ1v) is 8.38. The highest BCUT2D eigenvalue weighted by atomic mass is 35.5. The predicted molar refractivity (Wildman–Crippen MR) is 85.0 cm³/mol. The molecule has 21 heavy (non-hydrogen) atoms. The zero-order valence-electron chi connectivity index (χ0n) is 12.4. The highest BCUT2D eigenvalue weighted by Crippen LogP contribution is 2.43. The van der Waals surface area contributed by atoms with Gasteiger partial charge in [0.2, 0.25) is 0 Å². The summed E-state index contributed by atoms with van der Waals surface area (Å²) in [5.74, 6) is 0.890. The van der Waals surface area contributed by atoms with Gasteiger partial charge in [0, 0.05) is 5.02 Å². The van der Waals surface area contributed by atoms with E-state index < -0.39 is 0 Å². The number of hydrogen-bond acceptors (Lipinski definition) is 3. The number of nitrogens with two attached hydrogens (primary N) is 1. The van der Waals surface area contributed by atoms with Gasteiger partial charge in [0.25, 0.3) is 0 Å². The summed E-state index contributed by atoms with van der Waals surface area (Å²) < 4.78 is 12.3. The largest absolute Gasteiger partial charge is 0.491 e. The highest BCUT2D eigenvalue weighted by molar-refractivity contribution is 6.30. The number of ether oxygens (including phenoxy) is 2. The summed E-state index contributed by atoms with van der Waals surface area (Å²) in [6.45, 7) is 1.22. The minimum atomic E-state index is 0.175. The van der Waals surface area contributed by atoms with Gasteiger partial charge >= 0.3 is 0 Å². The van der Waals surface area contributed by atoms with Crippen LogP contribution in [0.1, 0.15) is 44.1 Å². The van der Waals surface area contributed by atoms with Crippen molar-refractivity contribution >= 4 is 11.6 Å². The molecule has 1 aromatic carbocycles. The summed E-state index contributed by atoms with van der Waals surface area (Å²) in [5, 5.41) is 0.729. The van der Waals surface area contributed by atoms with Crippen LogP contribution in [0.15, 0.2) is 18.2 Å². The minimum Gasteiger partial charge on any atom is -0.491 e. The Morgan fingerprint density at radius 3 is 2.86 bits per heavy atom. The van der Waals surface area contributed by atoms with Crippen molar-refractivity contribution in [1.29, 1.82) is 0 Å². The lowest BCUT2D eigenvalue weighted by Gasteiger charge is -2.24. The van der Waals surface area contributed by atoms with Crippen LogP contribution in [-0.4, -0.2) is 24.9 Å². The van der Waals surface area contributed by atoms with Crippen molar-refractivity contribution in [3.63, 3.8) is 0 Å². The van der Waals surface area contributed by atoms with Crippen LogP contribution in [0, 0.1) is 0 Å². The molecule has 1 aromatic rings. The summed E-state index contributed by atoms with van der Waals surface area (Å²) in [5.41, 5.74) is 6.91. The number of halogens is 1. The quantitative estimate of drug-likeness (QED) is 0.901. The van der Waals surface area contributed by atoms with Crippen molar-refractivity contribution in [2.24, 2.45) is 5.73 Å². The molecular formula is C17H24ClNO2. The van der Waals surface area contributed by atoms with Gasteiger partial charge in [-0.15, -0.1) is 0 Å². The molecule has 2 fully saturated rings. The molecule has 2 N–H and O–H groups in total.